The van der Waals surface area contributed by atoms with Gasteiger partial charge in [-0.05, 0) is 61.0 Å². The second-order valence-corrected chi connectivity index (χ2v) is 9.26. The smallest absolute Gasteiger partial charge is 0.255 e. The third kappa shape index (κ3) is 4.15. The Hall–Kier alpha value is -3.49. The maximum atomic E-state index is 12.9. The Bertz CT molecular complexity index is 1410. The van der Waals surface area contributed by atoms with Crippen LogP contribution in [0.4, 0.5) is 5.69 Å². The number of hydrogen-bond donors (Lipinski definition) is 2. The number of fused-ring (bicyclic) bond motifs is 1. The summed E-state index contributed by atoms with van der Waals surface area (Å²) >= 11 is 0. The van der Waals surface area contributed by atoms with E-state index < -0.39 is 10.0 Å². The van der Waals surface area contributed by atoms with Crippen molar-refractivity contribution in [3.05, 3.63) is 77.9 Å². The lowest BCUT2D eigenvalue weighted by atomic mass is 10.1. The van der Waals surface area contributed by atoms with Crippen LogP contribution in [0, 0.1) is 6.92 Å². The van der Waals surface area contributed by atoms with Crippen molar-refractivity contribution in [1.29, 1.82) is 0 Å². The molecule has 0 spiro atoms. The van der Waals surface area contributed by atoms with Crippen LogP contribution in [0.25, 0.3) is 22.4 Å². The molecule has 2 N–H and O–H groups in total. The Morgan fingerprint density at radius 1 is 1.03 bits per heavy atom. The second kappa shape index (κ2) is 8.57. The van der Waals surface area contributed by atoms with Gasteiger partial charge in [0.05, 0.1) is 15.9 Å². The van der Waals surface area contributed by atoms with Crippen LogP contribution in [-0.4, -0.2) is 30.4 Å². The molecule has 0 bridgehead atoms. The van der Waals surface area contributed by atoms with E-state index in [0.29, 0.717) is 16.8 Å². The van der Waals surface area contributed by atoms with E-state index >= 15 is 0 Å². The fraction of sp³-hybridized carbons (Fsp3) is 0.167. The molecule has 4 aromatic rings. The van der Waals surface area contributed by atoms with Gasteiger partial charge >= 0.3 is 0 Å². The number of anilines is 1. The zero-order valence-corrected chi connectivity index (χ0v) is 18.9. The van der Waals surface area contributed by atoms with E-state index in [9.17, 15) is 13.2 Å². The van der Waals surface area contributed by atoms with Crippen molar-refractivity contribution >= 4 is 32.7 Å². The van der Waals surface area contributed by atoms with Gasteiger partial charge in [-0.1, -0.05) is 25.1 Å². The highest BCUT2D eigenvalue weighted by molar-refractivity contribution is 7.89. The average Bonchev–Trinajstić information content (AvgIpc) is 3.11. The number of rotatable bonds is 6. The van der Waals surface area contributed by atoms with Gasteiger partial charge in [0.2, 0.25) is 10.0 Å². The molecular formula is C24H24N4O3S. The maximum absolute atomic E-state index is 12.9. The van der Waals surface area contributed by atoms with Crippen LogP contribution in [0.2, 0.25) is 0 Å². The molecule has 0 radical (unpaired) electrons. The molecule has 0 aliphatic heterocycles. The van der Waals surface area contributed by atoms with Gasteiger partial charge in [-0.15, -0.1) is 0 Å². The second-order valence-electron chi connectivity index (χ2n) is 7.49. The van der Waals surface area contributed by atoms with E-state index in [1.165, 1.54) is 12.1 Å². The largest absolute Gasteiger partial charge is 0.327 e. The van der Waals surface area contributed by atoms with Crippen LogP contribution in [0.15, 0.2) is 71.6 Å². The van der Waals surface area contributed by atoms with Crippen LogP contribution in [0.5, 0.6) is 0 Å². The summed E-state index contributed by atoms with van der Waals surface area (Å²) in [5, 5.41) is 2.85. The number of amides is 1. The summed E-state index contributed by atoms with van der Waals surface area (Å²) in [5.41, 5.74) is 4.50. The van der Waals surface area contributed by atoms with Gasteiger partial charge < -0.3 is 9.88 Å². The molecule has 32 heavy (non-hydrogen) atoms. The standard InChI is InChI=1S/C24H24N4O3S/c1-4-25-32(30,31)19-14-9-16(2)20(15-19)24(29)26-18-12-10-17(11-13-18)23-27-21-7-5-6-8-22(21)28(23)3/h5-15,25H,4H2,1-3H3,(H,26,29). The molecule has 0 aliphatic carbocycles. The molecular weight excluding hydrogens is 424 g/mol. The van der Waals surface area contributed by atoms with Gasteiger partial charge in [0.15, 0.2) is 0 Å². The molecule has 1 aromatic heterocycles. The number of para-hydroxylation sites is 2. The number of hydrogen-bond acceptors (Lipinski definition) is 4. The molecule has 0 saturated heterocycles. The van der Waals surface area contributed by atoms with E-state index in [-0.39, 0.29) is 17.3 Å². The first-order chi connectivity index (χ1) is 15.3. The number of aromatic nitrogens is 2. The number of nitrogens with one attached hydrogen (secondary N) is 2. The number of benzene rings is 3. The predicted molar refractivity (Wildman–Crippen MR) is 126 cm³/mol. The van der Waals surface area contributed by atoms with E-state index in [1.807, 2.05) is 48.0 Å². The van der Waals surface area contributed by atoms with Crippen LogP contribution < -0.4 is 10.0 Å². The summed E-state index contributed by atoms with van der Waals surface area (Å²) in [6.45, 7) is 3.75. The molecule has 8 heteroatoms. The molecule has 0 atom stereocenters. The van der Waals surface area contributed by atoms with Crippen LogP contribution >= 0.6 is 0 Å². The maximum Gasteiger partial charge on any atom is 0.255 e. The normalized spacial score (nSPS) is 11.6. The first-order valence-corrected chi connectivity index (χ1v) is 11.7. The van der Waals surface area contributed by atoms with E-state index in [2.05, 4.69) is 10.0 Å². The fourth-order valence-electron chi connectivity index (χ4n) is 3.59. The van der Waals surface area contributed by atoms with Crippen LogP contribution in [-0.2, 0) is 17.1 Å². The lowest BCUT2D eigenvalue weighted by molar-refractivity contribution is 0.102. The lowest BCUT2D eigenvalue weighted by Crippen LogP contribution is -2.24. The van der Waals surface area contributed by atoms with Gasteiger partial charge in [-0.25, -0.2) is 18.1 Å². The first-order valence-electron chi connectivity index (χ1n) is 10.2. The quantitative estimate of drug-likeness (QED) is 0.464. The highest BCUT2D eigenvalue weighted by Gasteiger charge is 2.17. The summed E-state index contributed by atoms with van der Waals surface area (Å²) in [7, 11) is -1.68. The van der Waals surface area contributed by atoms with Crippen molar-refractivity contribution in [2.24, 2.45) is 7.05 Å². The highest BCUT2D eigenvalue weighted by Crippen LogP contribution is 2.25. The Labute approximate surface area is 187 Å². The molecule has 3 aromatic carbocycles. The third-order valence-corrected chi connectivity index (χ3v) is 6.83. The molecule has 0 unspecified atom stereocenters. The number of carbonyl (C=O) groups is 1. The van der Waals surface area contributed by atoms with Crippen molar-refractivity contribution in [2.45, 2.75) is 18.7 Å². The topological polar surface area (TPSA) is 93.1 Å². The Kier molecular flexibility index (Phi) is 5.82. The Balaban J connectivity index is 1.57. The molecule has 1 amide bonds. The van der Waals surface area contributed by atoms with E-state index in [0.717, 1.165) is 22.4 Å². The van der Waals surface area contributed by atoms with Gasteiger partial charge in [0.25, 0.3) is 5.91 Å². The van der Waals surface area contributed by atoms with Crippen LogP contribution in [0.3, 0.4) is 0 Å². The zero-order valence-electron chi connectivity index (χ0n) is 18.1. The molecule has 164 valence electrons. The summed E-state index contributed by atoms with van der Waals surface area (Å²) in [4.78, 5) is 17.6. The lowest BCUT2D eigenvalue weighted by Gasteiger charge is -2.11. The Morgan fingerprint density at radius 3 is 2.44 bits per heavy atom. The molecule has 0 saturated carbocycles. The summed E-state index contributed by atoms with van der Waals surface area (Å²) in [6, 6.07) is 19.9. The van der Waals surface area contributed by atoms with Crippen molar-refractivity contribution in [3.63, 3.8) is 0 Å². The number of imidazole rings is 1. The van der Waals surface area contributed by atoms with Gasteiger partial charge in [-0.2, -0.15) is 0 Å². The summed E-state index contributed by atoms with van der Waals surface area (Å²) < 4.78 is 29.1. The van der Waals surface area contributed by atoms with Gasteiger partial charge in [-0.3, -0.25) is 4.79 Å². The summed E-state index contributed by atoms with van der Waals surface area (Å²) in [6.07, 6.45) is 0. The monoisotopic (exact) mass is 448 g/mol. The minimum Gasteiger partial charge on any atom is -0.327 e. The van der Waals surface area contributed by atoms with E-state index in [4.69, 9.17) is 4.98 Å². The minimum absolute atomic E-state index is 0.0623. The number of sulfonamides is 1. The molecule has 0 aliphatic rings. The average molecular weight is 449 g/mol. The SMILES string of the molecule is CCNS(=O)(=O)c1ccc(C)c(C(=O)Nc2ccc(-c3nc4ccccc4n3C)cc2)c1. The van der Waals surface area contributed by atoms with Gasteiger partial charge in [0, 0.05) is 30.4 Å². The van der Waals surface area contributed by atoms with E-state index in [1.54, 1.807) is 32.0 Å². The Morgan fingerprint density at radius 2 is 1.75 bits per heavy atom. The molecule has 7 nitrogen and oxygen atoms in total. The highest BCUT2D eigenvalue weighted by atomic mass is 32.2. The first kappa shape index (κ1) is 21.7. The number of aryl methyl sites for hydroxylation is 2. The van der Waals surface area contributed by atoms with Crippen molar-refractivity contribution in [2.75, 3.05) is 11.9 Å². The fourth-order valence-corrected chi connectivity index (χ4v) is 4.66. The molecule has 4 rings (SSSR count). The molecule has 1 heterocycles. The van der Waals surface area contributed by atoms with Crippen molar-refractivity contribution in [3.8, 4) is 11.4 Å². The van der Waals surface area contributed by atoms with Gasteiger partial charge in [0.1, 0.15) is 5.82 Å². The predicted octanol–water partition coefficient (Wildman–Crippen LogP) is 4.10. The minimum atomic E-state index is -3.65. The van der Waals surface area contributed by atoms with Crippen molar-refractivity contribution < 1.29 is 13.2 Å². The van der Waals surface area contributed by atoms with Crippen molar-refractivity contribution in [1.82, 2.24) is 14.3 Å². The summed E-state index contributed by atoms with van der Waals surface area (Å²) in [5.74, 6) is 0.466. The number of nitrogens with zero attached hydrogens (tertiary/aromatic N) is 2. The number of carbonyl (C=O) groups excluding carboxylic acids is 1. The molecule has 0 fully saturated rings. The third-order valence-electron chi connectivity index (χ3n) is 5.29. The zero-order chi connectivity index (χ0) is 22.9. The van der Waals surface area contributed by atoms with Crippen LogP contribution in [0.1, 0.15) is 22.8 Å².